The van der Waals surface area contributed by atoms with Crippen LogP contribution in [0.1, 0.15) is 28.9 Å². The molecular formula is C14H12INO. The lowest BCUT2D eigenvalue weighted by molar-refractivity contribution is 0.0964. The highest BCUT2D eigenvalue weighted by atomic mass is 127. The zero-order chi connectivity index (χ0) is 12.3. The molecule has 0 radical (unpaired) electrons. The fourth-order valence-electron chi connectivity index (χ4n) is 1.66. The lowest BCUT2D eigenvalue weighted by Crippen LogP contribution is -2.11. The number of hydrogen-bond acceptors (Lipinski definition) is 2. The summed E-state index contributed by atoms with van der Waals surface area (Å²) in [6.45, 7) is 1.89. The smallest absolute Gasteiger partial charge is 0.171 e. The van der Waals surface area contributed by atoms with Crippen molar-refractivity contribution in [3.05, 3.63) is 63.5 Å². The van der Waals surface area contributed by atoms with Gasteiger partial charge in [0.1, 0.15) is 0 Å². The van der Waals surface area contributed by atoms with Crippen molar-refractivity contribution in [2.45, 2.75) is 12.8 Å². The number of aromatic nitrogens is 1. The van der Waals surface area contributed by atoms with Crippen LogP contribution in [0.3, 0.4) is 0 Å². The molecule has 0 spiro atoms. The zero-order valence-electron chi connectivity index (χ0n) is 9.43. The molecule has 17 heavy (non-hydrogen) atoms. The number of hydrogen-bond donors (Lipinski definition) is 0. The van der Waals surface area contributed by atoms with E-state index in [1.807, 2.05) is 49.4 Å². The molecule has 1 heterocycles. The van der Waals surface area contributed by atoms with Crippen LogP contribution in [0.5, 0.6) is 0 Å². The van der Waals surface area contributed by atoms with Crippen molar-refractivity contribution >= 4 is 28.4 Å². The minimum Gasteiger partial charge on any atom is -0.293 e. The summed E-state index contributed by atoms with van der Waals surface area (Å²) in [5.41, 5.74) is 1.56. The van der Waals surface area contributed by atoms with Crippen LogP contribution in [0.15, 0.2) is 48.7 Å². The summed E-state index contributed by atoms with van der Waals surface area (Å²) in [5.74, 6) is -0.0865. The van der Waals surface area contributed by atoms with E-state index in [2.05, 4.69) is 27.6 Å². The predicted molar refractivity (Wildman–Crippen MR) is 76.1 cm³/mol. The zero-order valence-corrected chi connectivity index (χ0v) is 11.6. The summed E-state index contributed by atoms with van der Waals surface area (Å²) in [4.78, 5) is 16.5. The molecule has 0 aliphatic carbocycles. The topological polar surface area (TPSA) is 30.0 Å². The number of rotatable bonds is 3. The molecule has 0 saturated heterocycles. The van der Waals surface area contributed by atoms with E-state index in [0.717, 1.165) is 14.8 Å². The molecule has 0 fully saturated rings. The molecule has 1 unspecified atom stereocenters. The number of halogens is 1. The van der Waals surface area contributed by atoms with Gasteiger partial charge in [-0.25, -0.2) is 0 Å². The summed E-state index contributed by atoms with van der Waals surface area (Å²) in [6, 6.07) is 13.3. The van der Waals surface area contributed by atoms with Crippen LogP contribution in [0.2, 0.25) is 0 Å². The summed E-state index contributed by atoms with van der Waals surface area (Å²) in [6.07, 6.45) is 1.72. The first-order chi connectivity index (χ1) is 8.18. The molecule has 2 aromatic rings. The number of carbonyl (C=O) groups is 1. The van der Waals surface area contributed by atoms with Crippen LogP contribution in [-0.4, -0.2) is 10.8 Å². The maximum absolute atomic E-state index is 12.3. The van der Waals surface area contributed by atoms with Crippen LogP contribution in [0.25, 0.3) is 0 Å². The molecule has 0 amide bonds. The van der Waals surface area contributed by atoms with Crippen LogP contribution >= 0.6 is 22.6 Å². The molecule has 1 aromatic heterocycles. The SMILES string of the molecule is CC(C(=O)c1cccc(I)c1)c1ccccn1. The van der Waals surface area contributed by atoms with Crippen molar-refractivity contribution in [2.24, 2.45) is 0 Å². The fraction of sp³-hybridized carbons (Fsp3) is 0.143. The van der Waals surface area contributed by atoms with Gasteiger partial charge in [-0.1, -0.05) is 18.2 Å². The number of nitrogens with zero attached hydrogens (tertiary/aromatic N) is 1. The van der Waals surface area contributed by atoms with E-state index in [1.165, 1.54) is 0 Å². The number of carbonyl (C=O) groups excluding carboxylic acids is 1. The third-order valence-corrected chi connectivity index (χ3v) is 3.30. The second-order valence-electron chi connectivity index (χ2n) is 3.85. The average Bonchev–Trinajstić information content (AvgIpc) is 2.38. The first-order valence-corrected chi connectivity index (χ1v) is 6.47. The van der Waals surface area contributed by atoms with Gasteiger partial charge >= 0.3 is 0 Å². The van der Waals surface area contributed by atoms with Crippen molar-refractivity contribution in [1.82, 2.24) is 4.98 Å². The Labute approximate surface area is 114 Å². The van der Waals surface area contributed by atoms with Gasteiger partial charge in [0, 0.05) is 15.3 Å². The van der Waals surface area contributed by atoms with Crippen LogP contribution in [0.4, 0.5) is 0 Å². The summed E-state index contributed by atoms with van der Waals surface area (Å²) >= 11 is 2.21. The molecule has 86 valence electrons. The molecule has 0 bridgehead atoms. The van der Waals surface area contributed by atoms with E-state index in [0.29, 0.717) is 0 Å². The largest absolute Gasteiger partial charge is 0.293 e. The highest BCUT2D eigenvalue weighted by Gasteiger charge is 2.17. The van der Waals surface area contributed by atoms with E-state index >= 15 is 0 Å². The molecule has 0 aliphatic heterocycles. The van der Waals surface area contributed by atoms with Crippen LogP contribution in [0, 0.1) is 3.57 Å². The Bertz CT molecular complexity index is 525. The fourth-order valence-corrected chi connectivity index (χ4v) is 2.20. The molecule has 0 N–H and O–H groups in total. The highest BCUT2D eigenvalue weighted by Crippen LogP contribution is 2.19. The van der Waals surface area contributed by atoms with Gasteiger partial charge in [0.25, 0.3) is 0 Å². The normalized spacial score (nSPS) is 12.1. The van der Waals surface area contributed by atoms with Crippen molar-refractivity contribution < 1.29 is 4.79 Å². The Hall–Kier alpha value is -1.23. The Morgan fingerprint density at radius 3 is 2.71 bits per heavy atom. The lowest BCUT2D eigenvalue weighted by atomic mass is 9.96. The van der Waals surface area contributed by atoms with Gasteiger partial charge in [0.2, 0.25) is 0 Å². The highest BCUT2D eigenvalue weighted by molar-refractivity contribution is 14.1. The first kappa shape index (κ1) is 12.2. The minimum atomic E-state index is -0.200. The minimum absolute atomic E-state index is 0.113. The standard InChI is InChI=1S/C14H12INO/c1-10(13-7-2-3-8-16-13)14(17)11-5-4-6-12(15)9-11/h2-10H,1H3. The van der Waals surface area contributed by atoms with Crippen molar-refractivity contribution in [3.63, 3.8) is 0 Å². The number of ketones is 1. The Morgan fingerprint density at radius 2 is 2.06 bits per heavy atom. The summed E-state index contributed by atoms with van der Waals surface area (Å²) < 4.78 is 1.07. The molecule has 0 saturated carbocycles. The molecule has 2 rings (SSSR count). The van der Waals surface area contributed by atoms with E-state index in [4.69, 9.17) is 0 Å². The van der Waals surface area contributed by atoms with Gasteiger partial charge < -0.3 is 0 Å². The third-order valence-electron chi connectivity index (χ3n) is 2.63. The molecule has 0 aliphatic rings. The van der Waals surface area contributed by atoms with Gasteiger partial charge in [0.05, 0.1) is 11.6 Å². The predicted octanol–water partition coefficient (Wildman–Crippen LogP) is 3.67. The second kappa shape index (κ2) is 5.40. The van der Waals surface area contributed by atoms with Crippen LogP contribution < -0.4 is 0 Å². The lowest BCUT2D eigenvalue weighted by Gasteiger charge is -2.09. The molecular weight excluding hydrogens is 325 g/mol. The van der Waals surface area contributed by atoms with E-state index in [-0.39, 0.29) is 11.7 Å². The van der Waals surface area contributed by atoms with E-state index < -0.39 is 0 Å². The van der Waals surface area contributed by atoms with Gasteiger partial charge in [-0.05, 0) is 53.8 Å². The maximum atomic E-state index is 12.3. The molecule has 1 aromatic carbocycles. The third kappa shape index (κ3) is 2.91. The van der Waals surface area contributed by atoms with Gasteiger partial charge in [-0.15, -0.1) is 0 Å². The number of benzene rings is 1. The van der Waals surface area contributed by atoms with Gasteiger partial charge in [-0.2, -0.15) is 0 Å². The van der Waals surface area contributed by atoms with E-state index in [9.17, 15) is 4.79 Å². The van der Waals surface area contributed by atoms with Gasteiger partial charge in [-0.3, -0.25) is 9.78 Å². The van der Waals surface area contributed by atoms with Crippen molar-refractivity contribution in [2.75, 3.05) is 0 Å². The Kier molecular flexibility index (Phi) is 3.89. The maximum Gasteiger partial charge on any atom is 0.171 e. The average molecular weight is 337 g/mol. The summed E-state index contributed by atoms with van der Waals surface area (Å²) in [7, 11) is 0. The molecule has 2 nitrogen and oxygen atoms in total. The first-order valence-electron chi connectivity index (χ1n) is 5.39. The second-order valence-corrected chi connectivity index (χ2v) is 5.10. The number of Topliss-reactive ketones (excluding diaryl/α,β-unsaturated/α-hetero) is 1. The van der Waals surface area contributed by atoms with Crippen molar-refractivity contribution in [1.29, 1.82) is 0 Å². The monoisotopic (exact) mass is 337 g/mol. The van der Waals surface area contributed by atoms with E-state index in [1.54, 1.807) is 6.20 Å². The quantitative estimate of drug-likeness (QED) is 0.632. The number of pyridine rings is 1. The molecule has 3 heteroatoms. The summed E-state index contributed by atoms with van der Waals surface area (Å²) in [5, 5.41) is 0. The Morgan fingerprint density at radius 1 is 1.24 bits per heavy atom. The van der Waals surface area contributed by atoms with Gasteiger partial charge in [0.15, 0.2) is 5.78 Å². The van der Waals surface area contributed by atoms with Crippen LogP contribution in [-0.2, 0) is 0 Å². The Balaban J connectivity index is 2.27. The van der Waals surface area contributed by atoms with Crippen molar-refractivity contribution in [3.8, 4) is 0 Å². The molecule has 1 atom stereocenters.